The van der Waals surface area contributed by atoms with Crippen molar-refractivity contribution in [3.8, 4) is 44.5 Å². The molecule has 0 aliphatic carbocycles. The molecule has 0 saturated carbocycles. The smallest absolute Gasteiger partial charge is 0.423 e. The van der Waals surface area contributed by atoms with Crippen LogP contribution in [0.4, 0.5) is 0 Å². The molecule has 0 unspecified atom stereocenters. The van der Waals surface area contributed by atoms with Crippen molar-refractivity contribution in [2.45, 2.75) is 0 Å². The summed E-state index contributed by atoms with van der Waals surface area (Å²) < 4.78 is 0. The van der Waals surface area contributed by atoms with Gasteiger partial charge in [0.25, 0.3) is 0 Å². The second-order valence-corrected chi connectivity index (χ2v) is 9.90. The molecule has 6 heteroatoms. The molecule has 0 bridgehead atoms. The van der Waals surface area contributed by atoms with Crippen molar-refractivity contribution >= 4 is 25.2 Å². The van der Waals surface area contributed by atoms with Gasteiger partial charge in [0.05, 0.1) is 0 Å². The first-order chi connectivity index (χ1) is 20.5. The zero-order valence-electron chi connectivity index (χ0n) is 23.0. The Kier molecular flexibility index (Phi) is 9.44. The van der Waals surface area contributed by atoms with E-state index in [1.165, 1.54) is 0 Å². The van der Waals surface area contributed by atoms with Gasteiger partial charge in [-0.05, 0) is 67.6 Å². The lowest BCUT2D eigenvalue weighted by Crippen LogP contribution is -2.29. The minimum absolute atomic E-state index is 0.496. The zero-order chi connectivity index (χ0) is 29.3. The van der Waals surface area contributed by atoms with Crippen molar-refractivity contribution in [1.29, 1.82) is 0 Å². The minimum Gasteiger partial charge on any atom is -0.423 e. The van der Waals surface area contributed by atoms with E-state index in [0.717, 1.165) is 44.5 Å². The van der Waals surface area contributed by atoms with Crippen LogP contribution in [0.3, 0.4) is 0 Å². The van der Waals surface area contributed by atoms with E-state index >= 15 is 0 Å². The normalized spacial score (nSPS) is 10.4. The van der Waals surface area contributed by atoms with E-state index in [1.807, 2.05) is 146 Å². The third-order valence-electron chi connectivity index (χ3n) is 6.94. The lowest BCUT2D eigenvalue weighted by molar-refractivity contribution is 0.424. The van der Waals surface area contributed by atoms with E-state index in [4.69, 9.17) is 0 Å². The quantitative estimate of drug-likeness (QED) is 0.210. The molecule has 42 heavy (non-hydrogen) atoms. The first-order valence-corrected chi connectivity index (χ1v) is 13.7. The van der Waals surface area contributed by atoms with Crippen LogP contribution in [-0.4, -0.2) is 34.3 Å². The Morgan fingerprint density at radius 3 is 0.667 bits per heavy atom. The molecular weight excluding hydrogens is 518 g/mol. The van der Waals surface area contributed by atoms with Crippen molar-refractivity contribution in [2.75, 3.05) is 0 Å². The van der Waals surface area contributed by atoms with Crippen molar-refractivity contribution in [1.82, 2.24) is 0 Å². The first-order valence-electron chi connectivity index (χ1n) is 13.7. The Labute approximate surface area is 247 Å². The van der Waals surface area contributed by atoms with E-state index in [0.29, 0.717) is 10.9 Å². The molecule has 0 fully saturated rings. The van der Waals surface area contributed by atoms with Crippen LogP contribution in [0.1, 0.15) is 0 Å². The van der Waals surface area contributed by atoms with Gasteiger partial charge in [-0.1, -0.05) is 146 Å². The summed E-state index contributed by atoms with van der Waals surface area (Å²) in [6, 6.07) is 51.1. The lowest BCUT2D eigenvalue weighted by atomic mass is 9.77. The van der Waals surface area contributed by atoms with Crippen molar-refractivity contribution in [3.63, 3.8) is 0 Å². The third kappa shape index (κ3) is 7.32. The summed E-state index contributed by atoms with van der Waals surface area (Å²) in [4.78, 5) is 0. The van der Waals surface area contributed by atoms with Gasteiger partial charge in [-0.15, -0.1) is 0 Å². The Morgan fingerprint density at radius 2 is 0.476 bits per heavy atom. The molecule has 0 radical (unpaired) electrons. The predicted octanol–water partition coefficient (Wildman–Crippen LogP) is 5.40. The van der Waals surface area contributed by atoms with Gasteiger partial charge in [0.2, 0.25) is 0 Å². The molecule has 0 atom stereocenters. The Balaban J connectivity index is 0.000000168. The summed E-state index contributed by atoms with van der Waals surface area (Å²) in [5, 5.41) is 38.1. The second kappa shape index (κ2) is 13.8. The van der Waals surface area contributed by atoms with Crippen molar-refractivity contribution in [3.05, 3.63) is 158 Å². The zero-order valence-corrected chi connectivity index (χ0v) is 23.0. The van der Waals surface area contributed by atoms with E-state index in [9.17, 15) is 20.1 Å². The summed E-state index contributed by atoms with van der Waals surface area (Å²) in [5.74, 6) is 0. The maximum atomic E-state index is 9.52. The SMILES string of the molecule is OB(O)c1cc(-c2ccccc2)cc(-c2ccccc2)c1.OB(O)c1cc(-c2ccccc2)cc(-c2ccccc2)c1. The van der Waals surface area contributed by atoms with E-state index < -0.39 is 14.2 Å². The Hall–Kier alpha value is -4.71. The number of benzene rings is 6. The van der Waals surface area contributed by atoms with Gasteiger partial charge in [-0.2, -0.15) is 0 Å². The van der Waals surface area contributed by atoms with Crippen molar-refractivity contribution in [2.24, 2.45) is 0 Å². The first kappa shape index (κ1) is 28.8. The highest BCUT2D eigenvalue weighted by Gasteiger charge is 2.15. The monoisotopic (exact) mass is 548 g/mol. The summed E-state index contributed by atoms with van der Waals surface area (Å²) in [6.07, 6.45) is 0. The molecule has 0 saturated heterocycles. The fourth-order valence-corrected chi connectivity index (χ4v) is 4.79. The van der Waals surface area contributed by atoms with Crippen LogP contribution in [0.2, 0.25) is 0 Å². The van der Waals surface area contributed by atoms with E-state index in [1.54, 1.807) is 0 Å². The molecule has 0 heterocycles. The minimum atomic E-state index is -1.48. The molecule has 0 aromatic heterocycles. The summed E-state index contributed by atoms with van der Waals surface area (Å²) >= 11 is 0. The largest absolute Gasteiger partial charge is 0.488 e. The van der Waals surface area contributed by atoms with E-state index in [2.05, 4.69) is 12.1 Å². The van der Waals surface area contributed by atoms with Crippen LogP contribution >= 0.6 is 0 Å². The summed E-state index contributed by atoms with van der Waals surface area (Å²) in [6.45, 7) is 0. The van der Waals surface area contributed by atoms with Crippen molar-refractivity contribution < 1.29 is 20.1 Å². The van der Waals surface area contributed by atoms with Gasteiger partial charge in [-0.25, -0.2) is 0 Å². The molecule has 204 valence electrons. The van der Waals surface area contributed by atoms with Gasteiger partial charge >= 0.3 is 14.2 Å². The fraction of sp³-hybridized carbons (Fsp3) is 0. The van der Waals surface area contributed by atoms with Gasteiger partial charge in [0, 0.05) is 0 Å². The summed E-state index contributed by atoms with van der Waals surface area (Å²) in [5.41, 5.74) is 9.09. The molecule has 0 amide bonds. The third-order valence-corrected chi connectivity index (χ3v) is 6.94. The molecule has 6 aromatic carbocycles. The Bertz CT molecular complexity index is 1460. The van der Waals surface area contributed by atoms with Crippen LogP contribution in [-0.2, 0) is 0 Å². The maximum absolute atomic E-state index is 9.52. The maximum Gasteiger partial charge on any atom is 0.488 e. The standard InChI is InChI=1S/2C18H15BO2/c2*20-19(21)18-12-16(14-7-3-1-4-8-14)11-17(13-18)15-9-5-2-6-10-15/h2*1-13,20-21H. The Morgan fingerprint density at radius 1 is 0.262 bits per heavy atom. The molecule has 0 aliphatic rings. The van der Waals surface area contributed by atoms with Crippen LogP contribution in [0.25, 0.3) is 44.5 Å². The van der Waals surface area contributed by atoms with Gasteiger partial charge in [0.15, 0.2) is 0 Å². The molecule has 0 aliphatic heterocycles. The van der Waals surface area contributed by atoms with Crippen LogP contribution in [0.15, 0.2) is 158 Å². The summed E-state index contributed by atoms with van der Waals surface area (Å²) in [7, 11) is -2.95. The van der Waals surface area contributed by atoms with Gasteiger partial charge in [-0.3, -0.25) is 0 Å². The highest BCUT2D eigenvalue weighted by atomic mass is 16.4. The second-order valence-electron chi connectivity index (χ2n) is 9.90. The van der Waals surface area contributed by atoms with E-state index in [-0.39, 0.29) is 0 Å². The van der Waals surface area contributed by atoms with Crippen LogP contribution < -0.4 is 10.9 Å². The van der Waals surface area contributed by atoms with Gasteiger partial charge in [0.1, 0.15) is 0 Å². The van der Waals surface area contributed by atoms with Gasteiger partial charge < -0.3 is 20.1 Å². The molecular formula is C36H30B2O4. The highest BCUT2D eigenvalue weighted by molar-refractivity contribution is 6.59. The topological polar surface area (TPSA) is 80.9 Å². The lowest BCUT2D eigenvalue weighted by Gasteiger charge is -2.10. The number of hydrogen-bond acceptors (Lipinski definition) is 4. The molecule has 4 N–H and O–H groups in total. The highest BCUT2D eigenvalue weighted by Crippen LogP contribution is 2.27. The average molecular weight is 548 g/mol. The number of hydrogen-bond donors (Lipinski definition) is 4. The van der Waals surface area contributed by atoms with Crippen LogP contribution in [0, 0.1) is 0 Å². The predicted molar refractivity (Wildman–Crippen MR) is 174 cm³/mol. The molecule has 6 aromatic rings. The van der Waals surface area contributed by atoms with Crippen LogP contribution in [0.5, 0.6) is 0 Å². The average Bonchev–Trinajstić information content (AvgIpc) is 3.06. The molecule has 6 rings (SSSR count). The molecule has 0 spiro atoms. The number of rotatable bonds is 6. The molecule has 4 nitrogen and oxygen atoms in total. The fourth-order valence-electron chi connectivity index (χ4n) is 4.79.